The Bertz CT molecular complexity index is 671. The van der Waals surface area contributed by atoms with Crippen LogP contribution in [0.4, 0.5) is 14.9 Å². The third-order valence-corrected chi connectivity index (χ3v) is 3.97. The Hall–Kier alpha value is -2.40. The fourth-order valence-electron chi connectivity index (χ4n) is 2.49. The molecular weight excluding hydrogens is 305 g/mol. The zero-order chi connectivity index (χ0) is 17.5. The zero-order valence-corrected chi connectivity index (χ0v) is 14.3. The number of amides is 2. The van der Waals surface area contributed by atoms with Crippen molar-refractivity contribution >= 4 is 11.7 Å². The van der Waals surface area contributed by atoms with Gasteiger partial charge in [-0.2, -0.15) is 0 Å². The monoisotopic (exact) mass is 329 g/mol. The second-order valence-corrected chi connectivity index (χ2v) is 5.89. The molecule has 0 aliphatic carbocycles. The number of para-hydroxylation sites is 1. The van der Waals surface area contributed by atoms with Gasteiger partial charge in [-0.3, -0.25) is 0 Å². The Kier molecular flexibility index (Phi) is 6.32. The number of benzene rings is 2. The number of anilines is 1. The van der Waals surface area contributed by atoms with E-state index in [0.717, 1.165) is 12.0 Å². The average Bonchev–Trinajstić information content (AvgIpc) is 2.57. The van der Waals surface area contributed by atoms with E-state index in [-0.39, 0.29) is 11.7 Å². The molecule has 2 N–H and O–H groups in total. The number of carbonyl (C=O) groups excluding carboxylic acids is 1. The van der Waals surface area contributed by atoms with Crippen LogP contribution in [0.2, 0.25) is 0 Å². The number of hydrogen-bond acceptors (Lipinski definition) is 2. The molecule has 0 aliphatic rings. The lowest BCUT2D eigenvalue weighted by Gasteiger charge is -2.25. The number of urea groups is 1. The van der Waals surface area contributed by atoms with Gasteiger partial charge in [0.15, 0.2) is 0 Å². The van der Waals surface area contributed by atoms with E-state index in [2.05, 4.69) is 41.8 Å². The van der Waals surface area contributed by atoms with Crippen LogP contribution in [-0.4, -0.2) is 31.6 Å². The predicted octanol–water partition coefficient (Wildman–Crippen LogP) is 3.81. The fourth-order valence-corrected chi connectivity index (χ4v) is 2.49. The summed E-state index contributed by atoms with van der Waals surface area (Å²) >= 11 is 0. The topological polar surface area (TPSA) is 44.4 Å². The van der Waals surface area contributed by atoms with E-state index in [1.54, 1.807) is 12.1 Å². The van der Waals surface area contributed by atoms with E-state index in [4.69, 9.17) is 0 Å². The molecule has 2 amide bonds. The normalized spacial score (nSPS) is 12.0. The predicted molar refractivity (Wildman–Crippen MR) is 95.7 cm³/mol. The van der Waals surface area contributed by atoms with Gasteiger partial charge >= 0.3 is 6.03 Å². The van der Waals surface area contributed by atoms with Gasteiger partial charge in [0.1, 0.15) is 5.82 Å². The Morgan fingerprint density at radius 1 is 1.12 bits per heavy atom. The van der Waals surface area contributed by atoms with Gasteiger partial charge in [-0.25, -0.2) is 9.18 Å². The summed E-state index contributed by atoms with van der Waals surface area (Å²) in [5.41, 5.74) is 2.58. The highest BCUT2D eigenvalue weighted by molar-refractivity contribution is 5.89. The Morgan fingerprint density at radius 2 is 1.79 bits per heavy atom. The molecule has 24 heavy (non-hydrogen) atoms. The van der Waals surface area contributed by atoms with Crippen LogP contribution in [0.15, 0.2) is 48.5 Å². The number of aryl methyl sites for hydroxylation is 1. The highest BCUT2D eigenvalue weighted by atomic mass is 19.1. The highest BCUT2D eigenvalue weighted by Crippen LogP contribution is 2.18. The summed E-state index contributed by atoms with van der Waals surface area (Å²) in [4.78, 5) is 14.1. The molecule has 0 aliphatic heterocycles. The van der Waals surface area contributed by atoms with Crippen LogP contribution in [0.25, 0.3) is 0 Å². The van der Waals surface area contributed by atoms with Crippen LogP contribution in [-0.2, 0) is 6.42 Å². The second kappa shape index (κ2) is 8.45. The molecule has 0 aromatic heterocycles. The number of nitrogens with one attached hydrogen (secondary N) is 2. The van der Waals surface area contributed by atoms with Crippen molar-refractivity contribution in [3.8, 4) is 0 Å². The van der Waals surface area contributed by atoms with Crippen LogP contribution in [0.3, 0.4) is 0 Å². The summed E-state index contributed by atoms with van der Waals surface area (Å²) in [5.74, 6) is -0.452. The number of carbonyl (C=O) groups is 1. The number of rotatable bonds is 6. The number of nitrogens with zero attached hydrogens (tertiary/aromatic N) is 1. The summed E-state index contributed by atoms with van der Waals surface area (Å²) in [6.45, 7) is 2.55. The molecule has 0 heterocycles. The Balaban J connectivity index is 1.98. The van der Waals surface area contributed by atoms with Crippen LogP contribution in [0.5, 0.6) is 0 Å². The zero-order valence-electron chi connectivity index (χ0n) is 14.3. The molecule has 0 fully saturated rings. The molecule has 5 heteroatoms. The minimum atomic E-state index is -0.452. The van der Waals surface area contributed by atoms with Crippen LogP contribution >= 0.6 is 0 Å². The molecule has 0 saturated heterocycles. The van der Waals surface area contributed by atoms with Crippen molar-refractivity contribution in [3.05, 3.63) is 65.5 Å². The van der Waals surface area contributed by atoms with E-state index < -0.39 is 11.8 Å². The maximum atomic E-state index is 13.6. The number of likely N-dealkylation sites (N-methyl/N-ethyl adjacent to an activating group) is 1. The first-order chi connectivity index (χ1) is 11.5. The van der Waals surface area contributed by atoms with Gasteiger partial charge in [-0.1, -0.05) is 43.3 Å². The van der Waals surface area contributed by atoms with Crippen LogP contribution < -0.4 is 10.6 Å². The molecule has 0 spiro atoms. The molecule has 4 nitrogen and oxygen atoms in total. The van der Waals surface area contributed by atoms with Gasteiger partial charge in [-0.15, -0.1) is 0 Å². The van der Waals surface area contributed by atoms with Gasteiger partial charge in [0.05, 0.1) is 11.7 Å². The van der Waals surface area contributed by atoms with Crippen LogP contribution in [0.1, 0.15) is 24.1 Å². The molecular formula is C19H24FN3O. The average molecular weight is 329 g/mol. The SMILES string of the molecule is CCc1ccc([C@H](CNC(=O)Nc2ccccc2F)N(C)C)cc1. The summed E-state index contributed by atoms with van der Waals surface area (Å²) < 4.78 is 13.6. The Morgan fingerprint density at radius 3 is 2.38 bits per heavy atom. The minimum Gasteiger partial charge on any atom is -0.336 e. The van der Waals surface area contributed by atoms with E-state index >= 15 is 0 Å². The number of hydrogen-bond donors (Lipinski definition) is 2. The summed E-state index contributed by atoms with van der Waals surface area (Å²) in [7, 11) is 3.93. The second-order valence-electron chi connectivity index (χ2n) is 5.89. The first-order valence-electron chi connectivity index (χ1n) is 8.06. The first-order valence-corrected chi connectivity index (χ1v) is 8.06. The molecule has 2 aromatic carbocycles. The lowest BCUT2D eigenvalue weighted by atomic mass is 10.0. The lowest BCUT2D eigenvalue weighted by molar-refractivity contribution is 0.243. The highest BCUT2D eigenvalue weighted by Gasteiger charge is 2.15. The van der Waals surface area contributed by atoms with Crippen molar-refractivity contribution in [1.82, 2.24) is 10.2 Å². The molecule has 128 valence electrons. The smallest absolute Gasteiger partial charge is 0.319 e. The third kappa shape index (κ3) is 4.80. The fraction of sp³-hybridized carbons (Fsp3) is 0.316. The minimum absolute atomic E-state index is 0.0438. The first kappa shape index (κ1) is 17.9. The molecule has 2 aromatic rings. The molecule has 1 atom stereocenters. The van der Waals surface area contributed by atoms with E-state index in [1.807, 2.05) is 19.0 Å². The molecule has 2 rings (SSSR count). The van der Waals surface area contributed by atoms with Crippen molar-refractivity contribution in [3.63, 3.8) is 0 Å². The summed E-state index contributed by atoms with van der Waals surface area (Å²) in [5, 5.41) is 5.34. The van der Waals surface area contributed by atoms with Crippen molar-refractivity contribution in [2.75, 3.05) is 26.0 Å². The van der Waals surface area contributed by atoms with E-state index in [9.17, 15) is 9.18 Å². The van der Waals surface area contributed by atoms with Gasteiger partial charge in [-0.05, 0) is 43.8 Å². The maximum Gasteiger partial charge on any atom is 0.319 e. The van der Waals surface area contributed by atoms with Crippen molar-refractivity contribution < 1.29 is 9.18 Å². The van der Waals surface area contributed by atoms with Gasteiger partial charge in [0, 0.05) is 6.54 Å². The molecule has 0 unspecified atom stereocenters. The van der Waals surface area contributed by atoms with E-state index in [0.29, 0.717) is 6.54 Å². The van der Waals surface area contributed by atoms with Crippen LogP contribution in [0, 0.1) is 5.82 Å². The summed E-state index contributed by atoms with van der Waals surface area (Å²) in [6, 6.07) is 14.1. The van der Waals surface area contributed by atoms with E-state index in [1.165, 1.54) is 17.7 Å². The van der Waals surface area contributed by atoms with Crippen molar-refractivity contribution in [1.29, 1.82) is 0 Å². The van der Waals surface area contributed by atoms with Gasteiger partial charge in [0.2, 0.25) is 0 Å². The Labute approximate surface area is 142 Å². The molecule has 0 saturated carbocycles. The molecule has 0 bridgehead atoms. The van der Waals surface area contributed by atoms with Crippen molar-refractivity contribution in [2.24, 2.45) is 0 Å². The lowest BCUT2D eigenvalue weighted by Crippen LogP contribution is -2.37. The number of halogens is 1. The summed E-state index contributed by atoms with van der Waals surface area (Å²) in [6.07, 6.45) is 0.996. The quantitative estimate of drug-likeness (QED) is 0.846. The van der Waals surface area contributed by atoms with Crippen molar-refractivity contribution in [2.45, 2.75) is 19.4 Å². The van der Waals surface area contributed by atoms with Gasteiger partial charge in [0.25, 0.3) is 0 Å². The standard InChI is InChI=1S/C19H24FN3O/c1-4-14-9-11-15(12-10-14)18(23(2)3)13-21-19(24)22-17-8-6-5-7-16(17)20/h5-12,18H,4,13H2,1-3H3,(H2,21,22,24)/t18-/m0/s1. The largest absolute Gasteiger partial charge is 0.336 e. The third-order valence-electron chi connectivity index (χ3n) is 3.97. The molecule has 0 radical (unpaired) electrons. The maximum absolute atomic E-state index is 13.6. The van der Waals surface area contributed by atoms with Gasteiger partial charge < -0.3 is 15.5 Å².